The van der Waals surface area contributed by atoms with Crippen molar-refractivity contribution in [2.75, 3.05) is 26.4 Å². The van der Waals surface area contributed by atoms with Crippen LogP contribution in [0.2, 0.25) is 0 Å². The van der Waals surface area contributed by atoms with Crippen molar-refractivity contribution in [3.8, 4) is 0 Å². The number of hydrogen-bond donors (Lipinski definition) is 1. The number of aromatic nitrogens is 1. The molecule has 1 aromatic carbocycles. The zero-order chi connectivity index (χ0) is 18.7. The molecule has 1 atom stereocenters. The maximum Gasteiger partial charge on any atom is 0.266 e. The van der Waals surface area contributed by atoms with E-state index in [4.69, 9.17) is 5.73 Å². The predicted octanol–water partition coefficient (Wildman–Crippen LogP) is 3.72. The number of nitrogens with two attached hydrogens (primary N) is 1. The van der Waals surface area contributed by atoms with Crippen LogP contribution < -0.4 is 5.73 Å². The van der Waals surface area contributed by atoms with Crippen LogP contribution in [0.3, 0.4) is 0 Å². The summed E-state index contributed by atoms with van der Waals surface area (Å²) in [5.74, 6) is 0.0816. The second-order valence-electron chi connectivity index (χ2n) is 7.17. The molecule has 2 aromatic rings. The van der Waals surface area contributed by atoms with Gasteiger partial charge in [0.2, 0.25) is 0 Å². The first-order chi connectivity index (χ1) is 12.5. The van der Waals surface area contributed by atoms with Crippen LogP contribution in [0.25, 0.3) is 0 Å². The largest absolute Gasteiger partial charge is 0.375 e. The van der Waals surface area contributed by atoms with Crippen molar-refractivity contribution in [1.82, 2.24) is 14.8 Å². The number of amides is 1. The molecule has 2 heterocycles. The Morgan fingerprint density at radius 2 is 2.04 bits per heavy atom. The highest BCUT2D eigenvalue weighted by atomic mass is 32.1. The molecule has 0 aliphatic carbocycles. The Bertz CT molecular complexity index is 754. The van der Waals surface area contributed by atoms with E-state index in [0.29, 0.717) is 10.0 Å². The molecule has 6 heteroatoms. The van der Waals surface area contributed by atoms with Crippen LogP contribution in [-0.2, 0) is 13.0 Å². The molecule has 1 saturated heterocycles. The molecule has 5 nitrogen and oxygen atoms in total. The number of carbonyl (C=O) groups excluding carboxylic acids is 1. The third kappa shape index (κ3) is 4.07. The summed E-state index contributed by atoms with van der Waals surface area (Å²) in [6.07, 6.45) is 3.94. The molecule has 1 aliphatic heterocycles. The Kier molecular flexibility index (Phi) is 5.94. The van der Waals surface area contributed by atoms with Crippen LogP contribution in [-0.4, -0.2) is 41.3 Å². The summed E-state index contributed by atoms with van der Waals surface area (Å²) in [5, 5.41) is 0.479. The molecule has 0 saturated carbocycles. The van der Waals surface area contributed by atoms with Gasteiger partial charge in [-0.05, 0) is 50.9 Å². The third-order valence-corrected chi connectivity index (χ3v) is 5.78. The number of anilines is 1. The number of benzene rings is 1. The average molecular weight is 373 g/mol. The molecule has 1 unspecified atom stereocenters. The number of nitrogens with zero attached hydrogens (tertiary/aromatic N) is 3. The summed E-state index contributed by atoms with van der Waals surface area (Å²) in [4.78, 5) is 22.4. The molecule has 0 radical (unpaired) electrons. The Hall–Kier alpha value is -1.92. The van der Waals surface area contributed by atoms with E-state index < -0.39 is 0 Å². The first-order valence-electron chi connectivity index (χ1n) is 9.29. The maximum absolute atomic E-state index is 13.2. The number of thiazole rings is 1. The summed E-state index contributed by atoms with van der Waals surface area (Å²) < 4.78 is 0. The van der Waals surface area contributed by atoms with Crippen molar-refractivity contribution in [3.63, 3.8) is 0 Å². The lowest BCUT2D eigenvalue weighted by atomic mass is 9.94. The van der Waals surface area contributed by atoms with E-state index in [-0.39, 0.29) is 11.9 Å². The highest BCUT2D eigenvalue weighted by molar-refractivity contribution is 7.17. The molecule has 3 rings (SSSR count). The van der Waals surface area contributed by atoms with Gasteiger partial charge in [-0.3, -0.25) is 4.79 Å². The fraction of sp³-hybridized carbons (Fsp3) is 0.500. The lowest BCUT2D eigenvalue weighted by Crippen LogP contribution is -2.38. The number of hydrogen-bond acceptors (Lipinski definition) is 5. The highest BCUT2D eigenvalue weighted by Gasteiger charge is 2.31. The van der Waals surface area contributed by atoms with Gasteiger partial charge in [0.15, 0.2) is 5.13 Å². The van der Waals surface area contributed by atoms with Crippen molar-refractivity contribution in [2.45, 2.75) is 45.2 Å². The molecule has 1 fully saturated rings. The van der Waals surface area contributed by atoms with Crippen molar-refractivity contribution >= 4 is 22.4 Å². The second kappa shape index (κ2) is 8.18. The van der Waals surface area contributed by atoms with Crippen molar-refractivity contribution in [2.24, 2.45) is 0 Å². The summed E-state index contributed by atoms with van der Waals surface area (Å²) in [6.45, 7) is 3.74. The van der Waals surface area contributed by atoms with Crippen molar-refractivity contribution < 1.29 is 4.79 Å². The fourth-order valence-electron chi connectivity index (χ4n) is 3.64. The minimum Gasteiger partial charge on any atom is -0.375 e. The maximum atomic E-state index is 13.2. The van der Waals surface area contributed by atoms with E-state index in [9.17, 15) is 4.79 Å². The number of rotatable bonds is 5. The quantitative estimate of drug-likeness (QED) is 0.869. The zero-order valence-corrected chi connectivity index (χ0v) is 16.7. The average Bonchev–Trinajstić information content (AvgIpc) is 3.02. The summed E-state index contributed by atoms with van der Waals surface area (Å²) in [6, 6.07) is 8.84. The van der Waals surface area contributed by atoms with E-state index in [1.165, 1.54) is 22.5 Å². The van der Waals surface area contributed by atoms with Crippen molar-refractivity contribution in [1.29, 1.82) is 0 Å². The number of nitrogen functional groups attached to an aromatic ring is 1. The van der Waals surface area contributed by atoms with E-state index in [1.54, 1.807) is 0 Å². The molecule has 2 N–H and O–H groups in total. The summed E-state index contributed by atoms with van der Waals surface area (Å²) >= 11 is 1.32. The van der Waals surface area contributed by atoms with Crippen LogP contribution in [0.1, 0.15) is 58.7 Å². The Balaban J connectivity index is 1.84. The van der Waals surface area contributed by atoms with Gasteiger partial charge >= 0.3 is 0 Å². The van der Waals surface area contributed by atoms with Gasteiger partial charge in [0, 0.05) is 13.1 Å². The Morgan fingerprint density at radius 1 is 1.31 bits per heavy atom. The van der Waals surface area contributed by atoms with Gasteiger partial charge in [0.1, 0.15) is 4.88 Å². The van der Waals surface area contributed by atoms with E-state index >= 15 is 0 Å². The smallest absolute Gasteiger partial charge is 0.266 e. The lowest BCUT2D eigenvalue weighted by molar-refractivity contribution is 0.0615. The molecular formula is C20H28N4OS. The van der Waals surface area contributed by atoms with Crippen LogP contribution in [0.15, 0.2) is 24.3 Å². The number of likely N-dealkylation sites (tertiary alicyclic amines) is 1. The monoisotopic (exact) mass is 372 g/mol. The van der Waals surface area contributed by atoms with Gasteiger partial charge in [-0.1, -0.05) is 42.5 Å². The molecule has 140 valence electrons. The van der Waals surface area contributed by atoms with Gasteiger partial charge in [-0.15, -0.1) is 0 Å². The zero-order valence-electron chi connectivity index (χ0n) is 15.9. The second-order valence-corrected chi connectivity index (χ2v) is 8.20. The number of carbonyl (C=O) groups is 1. The molecule has 26 heavy (non-hydrogen) atoms. The van der Waals surface area contributed by atoms with Crippen LogP contribution >= 0.6 is 11.3 Å². The van der Waals surface area contributed by atoms with Gasteiger partial charge in [-0.2, -0.15) is 0 Å². The van der Waals surface area contributed by atoms with Crippen LogP contribution in [0, 0.1) is 0 Å². The molecular weight excluding hydrogens is 344 g/mol. The normalized spacial score (nSPS) is 17.7. The topological polar surface area (TPSA) is 62.5 Å². The minimum atomic E-state index is 0.0816. The standard InChI is InChI=1S/C20H28N4OS/c1-4-16-18(26-20(21)22-16)19(25)24-12-6-5-7-17(24)15-10-8-14(9-11-15)13-23(2)3/h8-11,17H,4-7,12-13H2,1-3H3,(H2,21,22). The van der Waals surface area contributed by atoms with Gasteiger partial charge in [-0.25, -0.2) is 4.98 Å². The Morgan fingerprint density at radius 3 is 2.69 bits per heavy atom. The molecule has 1 aliphatic rings. The molecule has 1 amide bonds. The SMILES string of the molecule is CCc1nc(N)sc1C(=O)N1CCCCC1c1ccc(CN(C)C)cc1. The summed E-state index contributed by atoms with van der Waals surface area (Å²) in [7, 11) is 4.14. The van der Waals surface area contributed by atoms with Gasteiger partial charge < -0.3 is 15.5 Å². The number of piperidine rings is 1. The van der Waals surface area contributed by atoms with E-state index in [0.717, 1.165) is 44.5 Å². The molecule has 0 spiro atoms. The lowest BCUT2D eigenvalue weighted by Gasteiger charge is -2.36. The van der Waals surface area contributed by atoms with Crippen LogP contribution in [0.4, 0.5) is 5.13 Å². The van der Waals surface area contributed by atoms with Gasteiger partial charge in [0.25, 0.3) is 5.91 Å². The highest BCUT2D eigenvalue weighted by Crippen LogP contribution is 2.34. The fourth-order valence-corrected chi connectivity index (χ4v) is 4.52. The molecule has 1 aromatic heterocycles. The third-order valence-electron chi connectivity index (χ3n) is 4.87. The molecule has 0 bridgehead atoms. The van der Waals surface area contributed by atoms with Crippen molar-refractivity contribution in [3.05, 3.63) is 46.0 Å². The van der Waals surface area contributed by atoms with E-state index in [2.05, 4.69) is 48.2 Å². The Labute approximate surface area is 159 Å². The van der Waals surface area contributed by atoms with Crippen LogP contribution in [0.5, 0.6) is 0 Å². The first-order valence-corrected chi connectivity index (χ1v) is 10.1. The van der Waals surface area contributed by atoms with E-state index in [1.807, 2.05) is 11.8 Å². The summed E-state index contributed by atoms with van der Waals surface area (Å²) in [5.41, 5.74) is 9.19. The predicted molar refractivity (Wildman–Crippen MR) is 107 cm³/mol. The number of aryl methyl sites for hydroxylation is 1. The first kappa shape index (κ1) is 18.9. The van der Waals surface area contributed by atoms with Gasteiger partial charge in [0.05, 0.1) is 11.7 Å². The minimum absolute atomic E-state index is 0.0816.